The van der Waals surface area contributed by atoms with Crippen molar-refractivity contribution in [1.82, 2.24) is 9.80 Å². The second-order valence-electron chi connectivity index (χ2n) is 6.47. The number of rotatable bonds is 4. The van der Waals surface area contributed by atoms with Crippen LogP contribution in [0.15, 0.2) is 34.1 Å². The molecule has 2 saturated heterocycles. The van der Waals surface area contributed by atoms with Gasteiger partial charge in [-0.2, -0.15) is 0 Å². The monoisotopic (exact) mass is 390 g/mol. The summed E-state index contributed by atoms with van der Waals surface area (Å²) in [7, 11) is 0. The maximum absolute atomic E-state index is 12.6. The van der Waals surface area contributed by atoms with Gasteiger partial charge in [-0.3, -0.25) is 19.3 Å². The van der Waals surface area contributed by atoms with Crippen molar-refractivity contribution in [2.24, 2.45) is 0 Å². The number of amides is 3. The Morgan fingerprint density at radius 1 is 1.27 bits per heavy atom. The quantitative estimate of drug-likeness (QED) is 0.577. The minimum atomic E-state index is -0.382. The summed E-state index contributed by atoms with van der Waals surface area (Å²) in [5.74, 6) is -0.531. The van der Waals surface area contributed by atoms with Crippen molar-refractivity contribution in [3.05, 3.63) is 34.7 Å². The Morgan fingerprint density at radius 2 is 2.00 bits per heavy atom. The molecule has 2 fully saturated rings. The van der Waals surface area contributed by atoms with Crippen LogP contribution in [0.3, 0.4) is 0 Å². The number of carbonyl (C=O) groups is 3. The molecule has 0 aliphatic carbocycles. The maximum Gasteiger partial charge on any atom is 0.294 e. The van der Waals surface area contributed by atoms with E-state index in [1.807, 2.05) is 37.4 Å². The number of hydrogen-bond acceptors (Lipinski definition) is 5. The highest BCUT2D eigenvalue weighted by atomic mass is 32.2. The van der Waals surface area contributed by atoms with Crippen LogP contribution in [-0.2, 0) is 9.59 Å². The topological polar surface area (TPSA) is 57.7 Å². The maximum atomic E-state index is 12.6. The Kier molecular flexibility index (Phi) is 6.09. The van der Waals surface area contributed by atoms with E-state index < -0.39 is 0 Å². The lowest BCUT2D eigenvalue weighted by atomic mass is 10.0. The number of imide groups is 1. The molecule has 3 rings (SSSR count). The zero-order valence-electron chi connectivity index (χ0n) is 14.9. The van der Waals surface area contributed by atoms with Crippen LogP contribution >= 0.6 is 23.5 Å². The van der Waals surface area contributed by atoms with E-state index in [1.54, 1.807) is 22.7 Å². The van der Waals surface area contributed by atoms with Crippen molar-refractivity contribution in [2.75, 3.05) is 19.3 Å². The van der Waals surface area contributed by atoms with Crippen LogP contribution in [-0.4, -0.2) is 52.2 Å². The van der Waals surface area contributed by atoms with Gasteiger partial charge in [0.2, 0.25) is 5.91 Å². The number of carbonyl (C=O) groups excluding carboxylic acids is 3. The third-order valence-electron chi connectivity index (χ3n) is 4.70. The van der Waals surface area contributed by atoms with Gasteiger partial charge in [0.1, 0.15) is 6.54 Å². The first-order chi connectivity index (χ1) is 12.5. The second kappa shape index (κ2) is 8.31. The minimum absolute atomic E-state index is 0.148. The number of hydrogen-bond donors (Lipinski definition) is 0. The van der Waals surface area contributed by atoms with E-state index in [0.717, 1.165) is 46.4 Å². The predicted molar refractivity (Wildman–Crippen MR) is 106 cm³/mol. The van der Waals surface area contributed by atoms with E-state index in [-0.39, 0.29) is 29.6 Å². The van der Waals surface area contributed by atoms with E-state index >= 15 is 0 Å². The number of nitrogens with zero attached hydrogens (tertiary/aromatic N) is 2. The first-order valence-corrected chi connectivity index (χ1v) is 10.7. The summed E-state index contributed by atoms with van der Waals surface area (Å²) in [4.78, 5) is 41.7. The van der Waals surface area contributed by atoms with Crippen LogP contribution < -0.4 is 0 Å². The first-order valence-electron chi connectivity index (χ1n) is 8.68. The zero-order chi connectivity index (χ0) is 18.7. The van der Waals surface area contributed by atoms with Gasteiger partial charge >= 0.3 is 0 Å². The van der Waals surface area contributed by atoms with Crippen LogP contribution in [0.2, 0.25) is 0 Å². The van der Waals surface area contributed by atoms with E-state index in [2.05, 4.69) is 0 Å². The van der Waals surface area contributed by atoms with Gasteiger partial charge in [-0.05, 0) is 68.0 Å². The molecule has 3 amide bonds. The highest BCUT2D eigenvalue weighted by Gasteiger charge is 2.37. The summed E-state index contributed by atoms with van der Waals surface area (Å²) in [6.07, 6.45) is 6.78. The molecule has 2 aliphatic rings. The van der Waals surface area contributed by atoms with Gasteiger partial charge in [0.15, 0.2) is 0 Å². The molecule has 0 N–H and O–H groups in total. The molecule has 1 aromatic rings. The number of piperidine rings is 1. The molecule has 7 heteroatoms. The van der Waals surface area contributed by atoms with Crippen LogP contribution in [0.4, 0.5) is 4.79 Å². The summed E-state index contributed by atoms with van der Waals surface area (Å²) in [6.45, 7) is 2.55. The fourth-order valence-electron chi connectivity index (χ4n) is 3.18. The molecule has 0 radical (unpaired) electrons. The molecule has 2 heterocycles. The number of likely N-dealkylation sites (tertiary alicyclic amines) is 1. The number of thioether (sulfide) groups is 2. The normalized spacial score (nSPS) is 22.4. The van der Waals surface area contributed by atoms with Gasteiger partial charge in [-0.25, -0.2) is 0 Å². The average Bonchev–Trinajstić information content (AvgIpc) is 2.90. The molecule has 1 atom stereocenters. The Labute approximate surface area is 162 Å². The SMILES string of the molecule is CSc1ccc(/C=C2\SC(=O)N(CC(=O)N3CCCC[C@H]3C)C2=O)cc1. The molecule has 26 heavy (non-hydrogen) atoms. The van der Waals surface area contributed by atoms with E-state index in [1.165, 1.54) is 0 Å². The smallest absolute Gasteiger partial charge is 0.294 e. The van der Waals surface area contributed by atoms with Crippen molar-refractivity contribution in [1.29, 1.82) is 0 Å². The first kappa shape index (κ1) is 19.0. The average molecular weight is 391 g/mol. The molecular weight excluding hydrogens is 368 g/mol. The molecule has 0 saturated carbocycles. The van der Waals surface area contributed by atoms with Crippen molar-refractivity contribution >= 4 is 46.7 Å². The minimum Gasteiger partial charge on any atom is -0.338 e. The van der Waals surface area contributed by atoms with Gasteiger partial charge in [-0.1, -0.05) is 12.1 Å². The van der Waals surface area contributed by atoms with E-state index in [0.29, 0.717) is 11.4 Å². The van der Waals surface area contributed by atoms with Crippen molar-refractivity contribution in [3.8, 4) is 0 Å². The van der Waals surface area contributed by atoms with Gasteiger partial charge in [-0.15, -0.1) is 11.8 Å². The lowest BCUT2D eigenvalue weighted by Crippen LogP contribution is -2.47. The van der Waals surface area contributed by atoms with Crippen LogP contribution in [0.25, 0.3) is 6.08 Å². The Balaban J connectivity index is 1.69. The van der Waals surface area contributed by atoms with E-state index in [9.17, 15) is 14.4 Å². The third-order valence-corrected chi connectivity index (χ3v) is 6.35. The van der Waals surface area contributed by atoms with Gasteiger partial charge in [0, 0.05) is 17.5 Å². The fraction of sp³-hybridized carbons (Fsp3) is 0.421. The van der Waals surface area contributed by atoms with Crippen molar-refractivity contribution in [2.45, 2.75) is 37.1 Å². The van der Waals surface area contributed by atoms with E-state index in [4.69, 9.17) is 0 Å². The van der Waals surface area contributed by atoms with Crippen molar-refractivity contribution < 1.29 is 14.4 Å². The molecule has 0 spiro atoms. The lowest BCUT2D eigenvalue weighted by Gasteiger charge is -2.34. The van der Waals surface area contributed by atoms with Crippen LogP contribution in [0.1, 0.15) is 31.7 Å². The summed E-state index contributed by atoms with van der Waals surface area (Å²) >= 11 is 2.54. The van der Waals surface area contributed by atoms with Crippen LogP contribution in [0, 0.1) is 0 Å². The highest BCUT2D eigenvalue weighted by molar-refractivity contribution is 8.18. The summed E-state index contributed by atoms with van der Waals surface area (Å²) in [5.41, 5.74) is 0.865. The largest absolute Gasteiger partial charge is 0.338 e. The Morgan fingerprint density at radius 3 is 2.65 bits per heavy atom. The molecule has 0 bridgehead atoms. The summed E-state index contributed by atoms with van der Waals surface area (Å²) in [5, 5.41) is -0.375. The lowest BCUT2D eigenvalue weighted by molar-refractivity contribution is -0.138. The molecule has 2 aliphatic heterocycles. The molecule has 0 aromatic heterocycles. The predicted octanol–water partition coefficient (Wildman–Crippen LogP) is 3.85. The molecule has 0 unspecified atom stereocenters. The van der Waals surface area contributed by atoms with Crippen LogP contribution in [0.5, 0.6) is 0 Å². The number of benzene rings is 1. The Hall–Kier alpha value is -1.73. The highest BCUT2D eigenvalue weighted by Crippen LogP contribution is 2.32. The zero-order valence-corrected chi connectivity index (χ0v) is 16.6. The summed E-state index contributed by atoms with van der Waals surface area (Å²) in [6, 6.07) is 7.95. The van der Waals surface area contributed by atoms with Gasteiger partial charge in [0.05, 0.1) is 4.91 Å². The van der Waals surface area contributed by atoms with Gasteiger partial charge < -0.3 is 4.90 Å². The molecule has 138 valence electrons. The fourth-order valence-corrected chi connectivity index (χ4v) is 4.43. The Bertz CT molecular complexity index is 746. The summed E-state index contributed by atoms with van der Waals surface area (Å²) < 4.78 is 0. The molecule has 1 aromatic carbocycles. The standard InChI is InChI=1S/C19H22N2O3S2/c1-13-5-3-4-10-20(13)17(22)12-21-18(23)16(26-19(21)24)11-14-6-8-15(25-2)9-7-14/h6-9,11,13H,3-5,10,12H2,1-2H3/b16-11-/t13-/m1/s1. The van der Waals surface area contributed by atoms with Gasteiger partial charge in [0.25, 0.3) is 11.1 Å². The van der Waals surface area contributed by atoms with Crippen molar-refractivity contribution in [3.63, 3.8) is 0 Å². The second-order valence-corrected chi connectivity index (χ2v) is 8.35. The molecule has 5 nitrogen and oxygen atoms in total. The third kappa shape index (κ3) is 4.15. The molecular formula is C19H22N2O3S2.